The van der Waals surface area contributed by atoms with Crippen LogP contribution in [0.25, 0.3) is 0 Å². The molecule has 0 saturated carbocycles. The van der Waals surface area contributed by atoms with Crippen molar-refractivity contribution in [3.8, 4) is 5.88 Å². The first-order valence-electron chi connectivity index (χ1n) is 2.50. The summed E-state index contributed by atoms with van der Waals surface area (Å²) in [5, 5.41) is 10.4. The summed E-state index contributed by atoms with van der Waals surface area (Å²) in [5.74, 6) is -1.55. The first-order chi connectivity index (χ1) is 4.70. The van der Waals surface area contributed by atoms with Crippen molar-refractivity contribution in [3.05, 3.63) is 18.1 Å². The van der Waals surface area contributed by atoms with Crippen LogP contribution < -0.4 is 5.73 Å². The van der Waals surface area contributed by atoms with E-state index in [0.29, 0.717) is 0 Å². The van der Waals surface area contributed by atoms with E-state index in [9.17, 15) is 9.90 Å². The summed E-state index contributed by atoms with van der Waals surface area (Å²) in [6.07, 6.45) is 1.19. The van der Waals surface area contributed by atoms with E-state index in [1.807, 2.05) is 0 Å². The van der Waals surface area contributed by atoms with Crippen molar-refractivity contribution >= 4 is 5.91 Å². The maximum atomic E-state index is 10.4. The third-order valence-corrected chi connectivity index (χ3v) is 0.850. The van der Waals surface area contributed by atoms with E-state index in [-0.39, 0.29) is 5.82 Å². The van der Waals surface area contributed by atoms with E-state index in [4.69, 9.17) is 5.73 Å². The molecule has 51 valence electrons. The summed E-state index contributed by atoms with van der Waals surface area (Å²) in [4.78, 5) is 17.0. The van der Waals surface area contributed by atoms with Gasteiger partial charge in [0.2, 0.25) is 5.82 Å². The van der Waals surface area contributed by atoms with Crippen molar-refractivity contribution in [2.24, 2.45) is 5.73 Å². The molecule has 0 bridgehead atoms. The third-order valence-electron chi connectivity index (χ3n) is 0.850. The molecular weight excluding hydrogens is 134 g/mol. The smallest absolute Gasteiger partial charge is 0.286 e. The molecule has 0 aliphatic rings. The Morgan fingerprint density at radius 2 is 2.30 bits per heavy atom. The van der Waals surface area contributed by atoms with Gasteiger partial charge in [-0.3, -0.25) is 9.90 Å². The highest BCUT2D eigenvalue weighted by molar-refractivity contribution is 5.88. The number of amides is 1. The molecule has 0 aromatic carbocycles. The molecule has 0 aliphatic heterocycles. The average Bonchev–Trinajstić information content (AvgIpc) is 1.88. The van der Waals surface area contributed by atoms with E-state index >= 15 is 0 Å². The normalized spacial score (nSPS) is 9.20. The summed E-state index contributed by atoms with van der Waals surface area (Å²) < 4.78 is 0. The van der Waals surface area contributed by atoms with Gasteiger partial charge in [-0.15, -0.1) is 0 Å². The minimum absolute atomic E-state index is 0.243. The maximum Gasteiger partial charge on any atom is 0.286 e. The summed E-state index contributed by atoms with van der Waals surface area (Å²) in [6.45, 7) is 0. The Hall–Kier alpha value is -1.65. The zero-order valence-corrected chi connectivity index (χ0v) is 4.94. The van der Waals surface area contributed by atoms with E-state index < -0.39 is 11.8 Å². The van der Waals surface area contributed by atoms with Crippen LogP contribution in [-0.2, 0) is 5.11 Å². The van der Waals surface area contributed by atoms with Crippen molar-refractivity contribution in [3.63, 3.8) is 0 Å². The maximum absolute atomic E-state index is 10.4. The van der Waals surface area contributed by atoms with Crippen molar-refractivity contribution in [1.29, 1.82) is 0 Å². The second-order valence-corrected chi connectivity index (χ2v) is 1.58. The lowest BCUT2D eigenvalue weighted by atomic mass is 10.5. The zero-order valence-electron chi connectivity index (χ0n) is 4.94. The van der Waals surface area contributed by atoms with Gasteiger partial charge in [-0.2, -0.15) is 4.98 Å². The summed E-state index contributed by atoms with van der Waals surface area (Å²) >= 11 is 0. The minimum atomic E-state index is -0.794. The molecule has 2 N–H and O–H groups in total. The highest BCUT2D eigenvalue weighted by Gasteiger charge is 2.03. The van der Waals surface area contributed by atoms with Gasteiger partial charge < -0.3 is 5.73 Å². The van der Waals surface area contributed by atoms with Crippen LogP contribution in [0.2, 0.25) is 0 Å². The molecule has 1 aromatic rings. The van der Waals surface area contributed by atoms with Crippen LogP contribution >= 0.6 is 0 Å². The molecule has 5 nitrogen and oxygen atoms in total. The molecule has 1 heterocycles. The first-order valence-corrected chi connectivity index (χ1v) is 2.50. The molecule has 1 rings (SSSR count). The van der Waals surface area contributed by atoms with Gasteiger partial charge in [-0.25, -0.2) is 4.98 Å². The van der Waals surface area contributed by atoms with Gasteiger partial charge in [0.05, 0.1) is 0 Å². The Morgan fingerprint density at radius 1 is 1.60 bits per heavy atom. The fourth-order valence-corrected chi connectivity index (χ4v) is 0.461. The fourth-order valence-electron chi connectivity index (χ4n) is 0.461. The molecule has 0 unspecified atom stereocenters. The number of primary amides is 1. The highest BCUT2D eigenvalue weighted by atomic mass is 16.3. The molecule has 0 aliphatic carbocycles. The van der Waals surface area contributed by atoms with E-state index in [1.54, 1.807) is 0 Å². The second-order valence-electron chi connectivity index (χ2n) is 1.58. The molecule has 0 spiro atoms. The molecular formula is C5H4N3O2. The summed E-state index contributed by atoms with van der Waals surface area (Å²) in [7, 11) is 0. The van der Waals surface area contributed by atoms with Crippen LogP contribution in [0.15, 0.2) is 12.3 Å². The topological polar surface area (TPSA) is 88.8 Å². The van der Waals surface area contributed by atoms with Gasteiger partial charge in [0.25, 0.3) is 11.8 Å². The number of carbonyl (C=O) groups is 1. The minimum Gasteiger partial charge on any atom is -0.363 e. The Morgan fingerprint density at radius 3 is 2.70 bits per heavy atom. The van der Waals surface area contributed by atoms with Crippen LogP contribution in [0.4, 0.5) is 0 Å². The van der Waals surface area contributed by atoms with E-state index in [1.165, 1.54) is 6.20 Å². The van der Waals surface area contributed by atoms with Gasteiger partial charge in [-0.05, 0) is 0 Å². The molecule has 1 amide bonds. The lowest BCUT2D eigenvalue weighted by Gasteiger charge is -1.89. The lowest BCUT2D eigenvalue weighted by Crippen LogP contribution is -2.14. The van der Waals surface area contributed by atoms with Gasteiger partial charge in [0.15, 0.2) is 0 Å². The molecule has 1 radical (unpaired) electrons. The van der Waals surface area contributed by atoms with Crippen LogP contribution in [0.3, 0.4) is 0 Å². The van der Waals surface area contributed by atoms with Crippen LogP contribution in [0, 0.1) is 0 Å². The number of carbonyl (C=O) groups excluding carboxylic acids is 1. The monoisotopic (exact) mass is 138 g/mol. The first kappa shape index (κ1) is 6.47. The van der Waals surface area contributed by atoms with Crippen molar-refractivity contribution < 1.29 is 9.90 Å². The predicted octanol–water partition coefficient (Wildman–Crippen LogP) is -0.281. The average molecular weight is 138 g/mol. The number of aromatic nitrogens is 2. The highest BCUT2D eigenvalue weighted by Crippen LogP contribution is 2.00. The molecule has 10 heavy (non-hydrogen) atoms. The van der Waals surface area contributed by atoms with Gasteiger partial charge >= 0.3 is 0 Å². The Balaban J connectivity index is 3.07. The Labute approximate surface area is 56.5 Å². The van der Waals surface area contributed by atoms with Crippen LogP contribution in [0.5, 0.6) is 5.88 Å². The third kappa shape index (κ3) is 1.19. The lowest BCUT2D eigenvalue weighted by molar-refractivity contribution is 0.0988. The fraction of sp³-hybridized carbons (Fsp3) is 0. The Bertz CT molecular complexity index is 261. The van der Waals surface area contributed by atoms with Gasteiger partial charge in [0.1, 0.15) is 0 Å². The molecule has 5 heteroatoms. The number of nitrogens with two attached hydrogens (primary N) is 1. The van der Waals surface area contributed by atoms with Crippen molar-refractivity contribution in [1.82, 2.24) is 9.97 Å². The van der Waals surface area contributed by atoms with Gasteiger partial charge in [0, 0.05) is 12.3 Å². The number of rotatable bonds is 1. The van der Waals surface area contributed by atoms with Gasteiger partial charge in [-0.1, -0.05) is 0 Å². The molecule has 1 aromatic heterocycles. The van der Waals surface area contributed by atoms with E-state index in [2.05, 4.69) is 9.97 Å². The quantitative estimate of drug-likeness (QED) is 0.578. The molecule has 0 atom stereocenters. The predicted molar refractivity (Wildman–Crippen MR) is 30.7 cm³/mol. The van der Waals surface area contributed by atoms with Crippen molar-refractivity contribution in [2.75, 3.05) is 0 Å². The molecule has 0 saturated heterocycles. The standard InChI is InChI=1S/C5H4N3O2/c6-4(10)5-7-2-1-3(9)8-5/h1-2H,(H2,6,10). The van der Waals surface area contributed by atoms with Crippen molar-refractivity contribution in [2.45, 2.75) is 0 Å². The Kier molecular flexibility index (Phi) is 1.49. The zero-order chi connectivity index (χ0) is 7.56. The van der Waals surface area contributed by atoms with E-state index in [0.717, 1.165) is 6.07 Å². The second kappa shape index (κ2) is 2.30. The summed E-state index contributed by atoms with van der Waals surface area (Å²) in [6, 6.07) is 1.15. The van der Waals surface area contributed by atoms with Crippen LogP contribution in [0.1, 0.15) is 10.6 Å². The number of hydrogen-bond acceptors (Lipinski definition) is 3. The number of nitrogens with zero attached hydrogens (tertiary/aromatic N) is 2. The SMILES string of the molecule is NC(=O)c1nccc([O])n1. The molecule has 0 fully saturated rings. The largest absolute Gasteiger partial charge is 0.363 e. The number of hydrogen-bond donors (Lipinski definition) is 1. The summed E-state index contributed by atoms with van der Waals surface area (Å²) in [5.41, 5.74) is 4.78. The van der Waals surface area contributed by atoms with Crippen LogP contribution in [-0.4, -0.2) is 15.9 Å².